The standard InChI is InChI=1S/C17H19F2N3O/c1-20-17(21-11-13-7-3-2-4-8-13)22-12-14-9-5-6-10-15(14)23-16(18)19/h2-10,16H,11-12H2,1H3,(H2,20,21,22). The third kappa shape index (κ3) is 5.58. The van der Waals surface area contributed by atoms with Crippen LogP contribution in [-0.2, 0) is 13.1 Å². The van der Waals surface area contributed by atoms with Crippen LogP contribution in [-0.4, -0.2) is 19.6 Å². The van der Waals surface area contributed by atoms with Crippen molar-refractivity contribution in [3.8, 4) is 5.75 Å². The Kier molecular flexibility index (Phi) is 6.35. The molecule has 2 N–H and O–H groups in total. The van der Waals surface area contributed by atoms with Gasteiger partial charge >= 0.3 is 6.61 Å². The van der Waals surface area contributed by atoms with Crippen molar-refractivity contribution in [3.63, 3.8) is 0 Å². The number of nitrogens with zero attached hydrogens (tertiary/aromatic N) is 1. The van der Waals surface area contributed by atoms with Gasteiger partial charge in [0, 0.05) is 25.7 Å². The average molecular weight is 319 g/mol. The highest BCUT2D eigenvalue weighted by atomic mass is 19.3. The third-order valence-electron chi connectivity index (χ3n) is 3.16. The van der Waals surface area contributed by atoms with Gasteiger partial charge in [-0.05, 0) is 11.6 Å². The highest BCUT2D eigenvalue weighted by Crippen LogP contribution is 2.19. The molecule has 0 bridgehead atoms. The smallest absolute Gasteiger partial charge is 0.387 e. The quantitative estimate of drug-likeness (QED) is 0.635. The second-order valence-electron chi connectivity index (χ2n) is 4.75. The Balaban J connectivity index is 1.91. The summed E-state index contributed by atoms with van der Waals surface area (Å²) in [6.45, 7) is -1.89. The summed E-state index contributed by atoms with van der Waals surface area (Å²) < 4.78 is 29.3. The van der Waals surface area contributed by atoms with Crippen molar-refractivity contribution in [3.05, 3.63) is 65.7 Å². The Bertz CT molecular complexity index is 633. The zero-order chi connectivity index (χ0) is 16.5. The Labute approximate surface area is 134 Å². The number of alkyl halides is 2. The van der Waals surface area contributed by atoms with Gasteiger partial charge in [-0.3, -0.25) is 4.99 Å². The van der Waals surface area contributed by atoms with Crippen LogP contribution >= 0.6 is 0 Å². The van der Waals surface area contributed by atoms with E-state index in [1.165, 1.54) is 6.07 Å². The zero-order valence-electron chi connectivity index (χ0n) is 12.8. The summed E-state index contributed by atoms with van der Waals surface area (Å²) in [6.07, 6.45) is 0. The molecule has 4 nitrogen and oxygen atoms in total. The van der Waals surface area contributed by atoms with Crippen LogP contribution in [0.15, 0.2) is 59.6 Å². The molecule has 0 atom stereocenters. The lowest BCUT2D eigenvalue weighted by atomic mass is 10.2. The first-order valence-electron chi connectivity index (χ1n) is 7.20. The summed E-state index contributed by atoms with van der Waals surface area (Å²) in [5.41, 5.74) is 1.76. The summed E-state index contributed by atoms with van der Waals surface area (Å²) in [5.74, 6) is 0.745. The minimum Gasteiger partial charge on any atom is -0.434 e. The number of ether oxygens (including phenoxy) is 1. The van der Waals surface area contributed by atoms with Gasteiger partial charge in [-0.1, -0.05) is 48.5 Å². The molecule has 0 unspecified atom stereocenters. The SMILES string of the molecule is CN=C(NCc1ccccc1)NCc1ccccc1OC(F)F. The molecule has 6 heteroatoms. The number of rotatable bonds is 6. The summed E-state index contributed by atoms with van der Waals surface area (Å²) in [7, 11) is 1.65. The number of aliphatic imine (C=N–C) groups is 1. The van der Waals surface area contributed by atoms with Crippen molar-refractivity contribution in [2.75, 3.05) is 7.05 Å². The van der Waals surface area contributed by atoms with Crippen LogP contribution in [0.1, 0.15) is 11.1 Å². The highest BCUT2D eigenvalue weighted by molar-refractivity contribution is 5.79. The van der Waals surface area contributed by atoms with E-state index in [9.17, 15) is 8.78 Å². The lowest BCUT2D eigenvalue weighted by molar-refractivity contribution is -0.0504. The molecule has 0 aliphatic rings. The average Bonchev–Trinajstić information content (AvgIpc) is 2.57. The zero-order valence-corrected chi connectivity index (χ0v) is 12.8. The fourth-order valence-corrected chi connectivity index (χ4v) is 2.04. The fraction of sp³-hybridized carbons (Fsp3) is 0.235. The number of benzene rings is 2. The maximum absolute atomic E-state index is 12.4. The maximum Gasteiger partial charge on any atom is 0.387 e. The van der Waals surface area contributed by atoms with Crippen LogP contribution in [0, 0.1) is 0 Å². The number of guanidine groups is 1. The molecule has 0 fully saturated rings. The minimum absolute atomic E-state index is 0.161. The van der Waals surface area contributed by atoms with Crippen molar-refractivity contribution >= 4 is 5.96 Å². The first-order valence-corrected chi connectivity index (χ1v) is 7.20. The van der Waals surface area contributed by atoms with Crippen LogP contribution in [0.25, 0.3) is 0 Å². The largest absolute Gasteiger partial charge is 0.434 e. The lowest BCUT2D eigenvalue weighted by Crippen LogP contribution is -2.36. The number of para-hydroxylation sites is 1. The van der Waals surface area contributed by atoms with E-state index in [4.69, 9.17) is 0 Å². The van der Waals surface area contributed by atoms with E-state index in [2.05, 4.69) is 20.4 Å². The van der Waals surface area contributed by atoms with Crippen molar-refractivity contribution in [1.29, 1.82) is 0 Å². The van der Waals surface area contributed by atoms with Crippen molar-refractivity contribution in [2.45, 2.75) is 19.7 Å². The summed E-state index contributed by atoms with van der Waals surface area (Å²) in [4.78, 5) is 4.11. The van der Waals surface area contributed by atoms with Crippen LogP contribution in [0.3, 0.4) is 0 Å². The topological polar surface area (TPSA) is 45.7 Å². The molecule has 0 aliphatic heterocycles. The molecule has 2 aromatic rings. The number of halogens is 2. The van der Waals surface area contributed by atoms with E-state index in [0.717, 1.165) is 5.56 Å². The molecule has 0 amide bonds. The van der Waals surface area contributed by atoms with E-state index >= 15 is 0 Å². The summed E-state index contributed by atoms with van der Waals surface area (Å²) >= 11 is 0. The van der Waals surface area contributed by atoms with Gasteiger partial charge in [0.15, 0.2) is 5.96 Å². The van der Waals surface area contributed by atoms with Crippen molar-refractivity contribution in [1.82, 2.24) is 10.6 Å². The van der Waals surface area contributed by atoms with Crippen LogP contribution < -0.4 is 15.4 Å². The van der Waals surface area contributed by atoms with Gasteiger partial charge in [-0.15, -0.1) is 0 Å². The molecular formula is C17H19F2N3O. The van der Waals surface area contributed by atoms with Crippen LogP contribution in [0.4, 0.5) is 8.78 Å². The molecule has 2 aromatic carbocycles. The van der Waals surface area contributed by atoms with E-state index in [0.29, 0.717) is 24.6 Å². The predicted octanol–water partition coefficient (Wildman–Crippen LogP) is 3.15. The van der Waals surface area contributed by atoms with E-state index in [-0.39, 0.29) is 5.75 Å². The highest BCUT2D eigenvalue weighted by Gasteiger charge is 2.09. The van der Waals surface area contributed by atoms with Gasteiger partial charge in [0.25, 0.3) is 0 Å². The second-order valence-corrected chi connectivity index (χ2v) is 4.75. The monoisotopic (exact) mass is 319 g/mol. The molecule has 2 rings (SSSR count). The Morgan fingerprint density at radius 2 is 1.65 bits per heavy atom. The molecule has 0 heterocycles. The molecule has 0 aromatic heterocycles. The second kappa shape index (κ2) is 8.73. The number of hydrogen-bond acceptors (Lipinski definition) is 2. The summed E-state index contributed by atoms with van der Waals surface area (Å²) in [6, 6.07) is 16.6. The Morgan fingerprint density at radius 1 is 1.00 bits per heavy atom. The Hall–Kier alpha value is -2.63. The van der Waals surface area contributed by atoms with E-state index in [1.807, 2.05) is 30.3 Å². The molecule has 0 radical (unpaired) electrons. The number of hydrogen-bond donors (Lipinski definition) is 2. The first kappa shape index (κ1) is 16.7. The Morgan fingerprint density at radius 3 is 2.35 bits per heavy atom. The van der Waals surface area contributed by atoms with E-state index < -0.39 is 6.61 Å². The molecule has 23 heavy (non-hydrogen) atoms. The van der Waals surface area contributed by atoms with Gasteiger partial charge in [0.05, 0.1) is 0 Å². The normalized spacial score (nSPS) is 11.4. The third-order valence-corrected chi connectivity index (χ3v) is 3.16. The molecule has 0 aliphatic carbocycles. The van der Waals surface area contributed by atoms with E-state index in [1.54, 1.807) is 25.2 Å². The van der Waals surface area contributed by atoms with Gasteiger partial charge in [-0.25, -0.2) is 0 Å². The lowest BCUT2D eigenvalue weighted by Gasteiger charge is -2.14. The van der Waals surface area contributed by atoms with Gasteiger partial charge in [-0.2, -0.15) is 8.78 Å². The van der Waals surface area contributed by atoms with Crippen LogP contribution in [0.2, 0.25) is 0 Å². The summed E-state index contributed by atoms with van der Waals surface area (Å²) in [5, 5.41) is 6.25. The van der Waals surface area contributed by atoms with Gasteiger partial charge in [0.1, 0.15) is 5.75 Å². The molecular weight excluding hydrogens is 300 g/mol. The fourth-order valence-electron chi connectivity index (χ4n) is 2.04. The van der Waals surface area contributed by atoms with Gasteiger partial charge < -0.3 is 15.4 Å². The van der Waals surface area contributed by atoms with Crippen molar-refractivity contribution < 1.29 is 13.5 Å². The molecule has 0 spiro atoms. The van der Waals surface area contributed by atoms with Gasteiger partial charge in [0.2, 0.25) is 0 Å². The molecule has 0 saturated heterocycles. The van der Waals surface area contributed by atoms with Crippen molar-refractivity contribution in [2.24, 2.45) is 4.99 Å². The number of nitrogens with one attached hydrogen (secondary N) is 2. The molecule has 122 valence electrons. The minimum atomic E-state index is -2.84. The van der Waals surface area contributed by atoms with Crippen LogP contribution in [0.5, 0.6) is 5.75 Å². The molecule has 0 saturated carbocycles. The predicted molar refractivity (Wildman–Crippen MR) is 86.6 cm³/mol. The first-order chi connectivity index (χ1) is 11.2. The maximum atomic E-state index is 12.4.